The molecule has 0 saturated carbocycles. The Labute approximate surface area is 76.6 Å². The highest BCUT2D eigenvalue weighted by Gasteiger charge is 2.00. The molecule has 3 N–H and O–H groups in total. The topological polar surface area (TPSA) is 63.3 Å². The molecule has 0 bridgehead atoms. The SMILES string of the molecule is Cl.NCC(=O)c1ccc(O)cc1. The fourth-order valence-corrected chi connectivity index (χ4v) is 0.765. The van der Waals surface area contributed by atoms with Crippen LogP contribution in [-0.4, -0.2) is 17.4 Å². The van der Waals surface area contributed by atoms with Gasteiger partial charge in [-0.1, -0.05) is 0 Å². The summed E-state index contributed by atoms with van der Waals surface area (Å²) in [4.78, 5) is 10.9. The molecule has 0 saturated heterocycles. The number of rotatable bonds is 2. The molecule has 0 fully saturated rings. The van der Waals surface area contributed by atoms with E-state index in [1.807, 2.05) is 0 Å². The maximum Gasteiger partial charge on any atom is 0.176 e. The number of phenolic OH excluding ortho intramolecular Hbond substituents is 1. The number of phenols is 1. The lowest BCUT2D eigenvalue weighted by molar-refractivity contribution is 0.100. The predicted molar refractivity (Wildman–Crippen MR) is 48.7 cm³/mol. The maximum absolute atomic E-state index is 10.9. The van der Waals surface area contributed by atoms with Crippen LogP contribution < -0.4 is 5.73 Å². The molecule has 0 amide bonds. The molecule has 0 aliphatic heterocycles. The predicted octanol–water partition coefficient (Wildman–Crippen LogP) is 0.955. The standard InChI is InChI=1S/C8H9NO2.ClH/c9-5-8(11)6-1-3-7(10)4-2-6;/h1-4,10H,5,9H2;1H. The highest BCUT2D eigenvalue weighted by molar-refractivity contribution is 5.97. The molecule has 0 heterocycles. The van der Waals surface area contributed by atoms with Gasteiger partial charge in [0.05, 0.1) is 6.54 Å². The van der Waals surface area contributed by atoms with E-state index in [4.69, 9.17) is 10.8 Å². The molecule has 3 nitrogen and oxygen atoms in total. The second-order valence-corrected chi connectivity index (χ2v) is 2.17. The summed E-state index contributed by atoms with van der Waals surface area (Å²) in [6.07, 6.45) is 0. The molecule has 0 unspecified atom stereocenters. The van der Waals surface area contributed by atoms with Crippen LogP contribution in [0.3, 0.4) is 0 Å². The first-order valence-electron chi connectivity index (χ1n) is 3.26. The molecule has 0 aliphatic rings. The van der Waals surface area contributed by atoms with E-state index >= 15 is 0 Å². The Morgan fingerprint density at radius 1 is 1.33 bits per heavy atom. The first-order valence-corrected chi connectivity index (χ1v) is 3.26. The quantitative estimate of drug-likeness (QED) is 0.678. The van der Waals surface area contributed by atoms with Crippen LogP contribution in [0.25, 0.3) is 0 Å². The molecule has 66 valence electrons. The molecule has 0 aliphatic carbocycles. The third kappa shape index (κ3) is 2.53. The van der Waals surface area contributed by atoms with Crippen molar-refractivity contribution >= 4 is 18.2 Å². The number of carbonyl (C=O) groups is 1. The zero-order valence-electron chi connectivity index (χ0n) is 6.36. The average molecular weight is 188 g/mol. The number of carbonyl (C=O) groups excluding carboxylic acids is 1. The Balaban J connectivity index is 0.00000121. The smallest absolute Gasteiger partial charge is 0.176 e. The van der Waals surface area contributed by atoms with Crippen molar-refractivity contribution in [2.24, 2.45) is 5.73 Å². The number of aromatic hydroxyl groups is 1. The number of halogens is 1. The van der Waals surface area contributed by atoms with Crippen molar-refractivity contribution in [1.29, 1.82) is 0 Å². The normalized spacial score (nSPS) is 8.75. The van der Waals surface area contributed by atoms with Crippen molar-refractivity contribution < 1.29 is 9.90 Å². The monoisotopic (exact) mass is 187 g/mol. The first-order chi connectivity index (χ1) is 5.24. The molecule has 12 heavy (non-hydrogen) atoms. The van der Waals surface area contributed by atoms with Crippen LogP contribution in [0.1, 0.15) is 10.4 Å². The summed E-state index contributed by atoms with van der Waals surface area (Å²) in [5.41, 5.74) is 5.66. The van der Waals surface area contributed by atoms with Crippen LogP contribution in [0.15, 0.2) is 24.3 Å². The van der Waals surface area contributed by atoms with Gasteiger partial charge in [0.15, 0.2) is 5.78 Å². The van der Waals surface area contributed by atoms with E-state index in [0.717, 1.165) is 0 Å². The van der Waals surface area contributed by atoms with Gasteiger partial charge in [-0.3, -0.25) is 4.79 Å². The van der Waals surface area contributed by atoms with Crippen LogP contribution in [0, 0.1) is 0 Å². The minimum Gasteiger partial charge on any atom is -0.508 e. The van der Waals surface area contributed by atoms with Gasteiger partial charge in [0.25, 0.3) is 0 Å². The van der Waals surface area contributed by atoms with Gasteiger partial charge in [-0.05, 0) is 24.3 Å². The zero-order valence-corrected chi connectivity index (χ0v) is 7.17. The molecule has 1 rings (SSSR count). The summed E-state index contributed by atoms with van der Waals surface area (Å²) in [5, 5.41) is 8.87. The summed E-state index contributed by atoms with van der Waals surface area (Å²) < 4.78 is 0. The second kappa shape index (κ2) is 4.74. The van der Waals surface area contributed by atoms with E-state index in [9.17, 15) is 4.79 Å². The fraction of sp³-hybridized carbons (Fsp3) is 0.125. The Morgan fingerprint density at radius 2 is 1.83 bits per heavy atom. The minimum absolute atomic E-state index is 0. The largest absolute Gasteiger partial charge is 0.508 e. The van der Waals surface area contributed by atoms with Gasteiger partial charge in [-0.25, -0.2) is 0 Å². The first kappa shape index (κ1) is 10.9. The van der Waals surface area contributed by atoms with E-state index < -0.39 is 0 Å². The third-order valence-electron chi connectivity index (χ3n) is 1.37. The van der Waals surface area contributed by atoms with Gasteiger partial charge in [0.2, 0.25) is 0 Å². The summed E-state index contributed by atoms with van der Waals surface area (Å²) in [6, 6.07) is 6.01. The molecular formula is C8H10ClNO2. The number of hydrogen-bond donors (Lipinski definition) is 2. The van der Waals surface area contributed by atoms with Gasteiger partial charge < -0.3 is 10.8 Å². The van der Waals surface area contributed by atoms with E-state index in [-0.39, 0.29) is 30.5 Å². The maximum atomic E-state index is 10.9. The third-order valence-corrected chi connectivity index (χ3v) is 1.37. The van der Waals surface area contributed by atoms with E-state index in [1.54, 1.807) is 12.1 Å². The lowest BCUT2D eigenvalue weighted by Crippen LogP contribution is -2.13. The number of ketones is 1. The van der Waals surface area contributed by atoms with Gasteiger partial charge in [0, 0.05) is 5.56 Å². The number of hydrogen-bond acceptors (Lipinski definition) is 3. The summed E-state index contributed by atoms with van der Waals surface area (Å²) in [5.74, 6) is 0.0311. The van der Waals surface area contributed by atoms with Crippen molar-refractivity contribution in [3.05, 3.63) is 29.8 Å². The molecule has 0 atom stereocenters. The lowest BCUT2D eigenvalue weighted by Gasteiger charge is -1.96. The van der Waals surface area contributed by atoms with Crippen LogP contribution in [0.4, 0.5) is 0 Å². The van der Waals surface area contributed by atoms with Crippen LogP contribution in [-0.2, 0) is 0 Å². The van der Waals surface area contributed by atoms with Gasteiger partial charge in [-0.15, -0.1) is 12.4 Å². The highest BCUT2D eigenvalue weighted by Crippen LogP contribution is 2.09. The number of Topliss-reactive ketones (excluding diaryl/α,β-unsaturated/α-hetero) is 1. The average Bonchev–Trinajstić information content (AvgIpc) is 2.05. The Hall–Kier alpha value is -1.06. The minimum atomic E-state index is -0.120. The van der Waals surface area contributed by atoms with Crippen LogP contribution in [0.5, 0.6) is 5.75 Å². The molecular weight excluding hydrogens is 178 g/mol. The van der Waals surface area contributed by atoms with Gasteiger partial charge in [-0.2, -0.15) is 0 Å². The molecule has 0 spiro atoms. The summed E-state index contributed by atoms with van der Waals surface area (Å²) in [6.45, 7) is 0.00474. The zero-order chi connectivity index (χ0) is 8.27. The number of benzene rings is 1. The van der Waals surface area contributed by atoms with Crippen molar-refractivity contribution in [2.75, 3.05) is 6.54 Å². The molecule has 4 heteroatoms. The Kier molecular flexibility index (Phi) is 4.33. The fourth-order valence-electron chi connectivity index (χ4n) is 0.765. The molecule has 1 aromatic rings. The molecule has 0 radical (unpaired) electrons. The van der Waals surface area contributed by atoms with Crippen molar-refractivity contribution in [3.63, 3.8) is 0 Å². The van der Waals surface area contributed by atoms with Crippen molar-refractivity contribution in [1.82, 2.24) is 0 Å². The summed E-state index contributed by atoms with van der Waals surface area (Å²) in [7, 11) is 0. The lowest BCUT2D eigenvalue weighted by atomic mass is 10.1. The molecule has 0 aromatic heterocycles. The second-order valence-electron chi connectivity index (χ2n) is 2.17. The highest BCUT2D eigenvalue weighted by atomic mass is 35.5. The van der Waals surface area contributed by atoms with E-state index in [1.165, 1.54) is 12.1 Å². The van der Waals surface area contributed by atoms with E-state index in [2.05, 4.69) is 0 Å². The van der Waals surface area contributed by atoms with E-state index in [0.29, 0.717) is 5.56 Å². The molecule has 1 aromatic carbocycles. The Morgan fingerprint density at radius 3 is 2.25 bits per heavy atom. The Bertz CT molecular complexity index is 258. The van der Waals surface area contributed by atoms with Gasteiger partial charge in [0.1, 0.15) is 5.75 Å². The van der Waals surface area contributed by atoms with Crippen molar-refractivity contribution in [3.8, 4) is 5.75 Å². The number of nitrogens with two attached hydrogens (primary N) is 1. The summed E-state index contributed by atoms with van der Waals surface area (Å²) >= 11 is 0. The van der Waals surface area contributed by atoms with Gasteiger partial charge >= 0.3 is 0 Å². The van der Waals surface area contributed by atoms with Crippen molar-refractivity contribution in [2.45, 2.75) is 0 Å². The van der Waals surface area contributed by atoms with Crippen LogP contribution >= 0.6 is 12.4 Å². The van der Waals surface area contributed by atoms with Crippen LogP contribution in [0.2, 0.25) is 0 Å².